The van der Waals surface area contributed by atoms with E-state index in [-0.39, 0.29) is 24.2 Å². The molecule has 7 heteroatoms. The monoisotopic (exact) mass is 384 g/mol. The van der Waals surface area contributed by atoms with E-state index in [0.717, 1.165) is 10.8 Å². The number of alkyl carbamates (subject to hydrolysis) is 1. The van der Waals surface area contributed by atoms with Gasteiger partial charge in [0.2, 0.25) is 0 Å². The number of carbonyl (C=O) groups is 1. The summed E-state index contributed by atoms with van der Waals surface area (Å²) in [5.74, 6) is 0. The van der Waals surface area contributed by atoms with Crippen molar-refractivity contribution in [3.8, 4) is 0 Å². The predicted molar refractivity (Wildman–Crippen MR) is 100 cm³/mol. The van der Waals surface area contributed by atoms with Gasteiger partial charge in [-0.05, 0) is 50.8 Å². The van der Waals surface area contributed by atoms with E-state index in [4.69, 9.17) is 16.3 Å². The lowest BCUT2D eigenvalue weighted by Gasteiger charge is -2.20. The fraction of sp³-hybridized carbons (Fsp3) is 0.471. The van der Waals surface area contributed by atoms with E-state index in [1.807, 2.05) is 32.9 Å². The van der Waals surface area contributed by atoms with Gasteiger partial charge in [0.1, 0.15) is 5.60 Å². The number of nitrogens with one attached hydrogen (secondary N) is 2. The molecule has 0 saturated heterocycles. The van der Waals surface area contributed by atoms with Crippen LogP contribution < -0.4 is 10.6 Å². The van der Waals surface area contributed by atoms with Crippen molar-refractivity contribution in [2.45, 2.75) is 50.9 Å². The molecule has 2 N–H and O–H groups in total. The molecule has 0 aliphatic heterocycles. The number of amides is 1. The molecule has 2 aromatic heterocycles. The molecule has 3 unspecified atom stereocenters. The Balaban J connectivity index is 1.60. The van der Waals surface area contributed by atoms with Crippen molar-refractivity contribution in [3.05, 3.63) is 43.7 Å². The zero-order valence-electron chi connectivity index (χ0n) is 13.8. The second-order valence-electron chi connectivity index (χ2n) is 6.85. The van der Waals surface area contributed by atoms with Gasteiger partial charge in [-0.25, -0.2) is 4.79 Å². The summed E-state index contributed by atoms with van der Waals surface area (Å²) in [5.41, 5.74) is -0.477. The molecule has 3 rings (SSSR count). The summed E-state index contributed by atoms with van der Waals surface area (Å²) >= 11 is 9.40. The molecule has 130 valence electrons. The molecule has 0 aromatic carbocycles. The summed E-state index contributed by atoms with van der Waals surface area (Å²) in [7, 11) is 0. The first-order valence-electron chi connectivity index (χ1n) is 7.86. The molecule has 1 saturated carbocycles. The molecule has 0 spiro atoms. The highest BCUT2D eigenvalue weighted by molar-refractivity contribution is 7.16. The molecule has 1 aliphatic rings. The maximum absolute atomic E-state index is 11.9. The highest BCUT2D eigenvalue weighted by Gasteiger charge is 2.41. The maximum atomic E-state index is 11.9. The number of carbonyl (C=O) groups excluding carboxylic acids is 1. The van der Waals surface area contributed by atoms with Crippen molar-refractivity contribution < 1.29 is 9.53 Å². The SMILES string of the molecule is CC(C)(C)OC(=O)NC1CC1NC(c1cccs1)c1ccc(Cl)s1. The summed E-state index contributed by atoms with van der Waals surface area (Å²) in [6, 6.07) is 8.61. The van der Waals surface area contributed by atoms with Gasteiger partial charge < -0.3 is 10.1 Å². The predicted octanol–water partition coefficient (Wildman–Crippen LogP) is 4.81. The van der Waals surface area contributed by atoms with Crippen molar-refractivity contribution >= 4 is 40.4 Å². The minimum absolute atomic E-state index is 0.109. The average molecular weight is 385 g/mol. The van der Waals surface area contributed by atoms with E-state index in [9.17, 15) is 4.79 Å². The molecule has 0 radical (unpaired) electrons. The van der Waals surface area contributed by atoms with Gasteiger partial charge in [-0.1, -0.05) is 17.7 Å². The lowest BCUT2D eigenvalue weighted by atomic mass is 10.2. The lowest BCUT2D eigenvalue weighted by molar-refractivity contribution is 0.0522. The first-order valence-corrected chi connectivity index (χ1v) is 9.93. The van der Waals surface area contributed by atoms with Gasteiger partial charge in [0, 0.05) is 21.8 Å². The molecule has 2 heterocycles. The van der Waals surface area contributed by atoms with Gasteiger partial charge in [0.15, 0.2) is 0 Å². The molecule has 1 amide bonds. The van der Waals surface area contributed by atoms with Crippen LogP contribution in [0.3, 0.4) is 0 Å². The van der Waals surface area contributed by atoms with Crippen LogP contribution in [0.25, 0.3) is 0 Å². The molecule has 3 atom stereocenters. The van der Waals surface area contributed by atoms with Crippen LogP contribution in [0.15, 0.2) is 29.6 Å². The standard InChI is InChI=1S/C17H21ClN2O2S2/c1-17(2,3)22-16(21)20-11-9-10(11)19-15(12-5-4-8-23-12)13-6-7-14(18)24-13/h4-8,10-11,15,19H,9H2,1-3H3,(H,20,21). The molecule has 4 nitrogen and oxygen atoms in total. The van der Waals surface area contributed by atoms with Crippen molar-refractivity contribution in [2.24, 2.45) is 0 Å². The van der Waals surface area contributed by atoms with E-state index in [1.54, 1.807) is 22.7 Å². The van der Waals surface area contributed by atoms with Gasteiger partial charge in [0.05, 0.1) is 10.4 Å². The number of ether oxygens (including phenoxy) is 1. The molecular formula is C17H21ClN2O2S2. The average Bonchev–Trinajstić information content (AvgIpc) is 2.91. The Bertz CT molecular complexity index is 694. The Hall–Kier alpha value is -1.08. The molecule has 1 aliphatic carbocycles. The maximum Gasteiger partial charge on any atom is 0.407 e. The zero-order chi connectivity index (χ0) is 17.3. The first-order chi connectivity index (χ1) is 11.3. The Kier molecular flexibility index (Phi) is 5.20. The van der Waals surface area contributed by atoms with Crippen LogP contribution in [-0.2, 0) is 4.74 Å². The van der Waals surface area contributed by atoms with Crippen LogP contribution in [0.5, 0.6) is 0 Å². The van der Waals surface area contributed by atoms with Gasteiger partial charge in [-0.3, -0.25) is 5.32 Å². The summed E-state index contributed by atoms with van der Waals surface area (Å²) in [4.78, 5) is 14.3. The number of halogens is 1. The van der Waals surface area contributed by atoms with Gasteiger partial charge in [0.25, 0.3) is 0 Å². The minimum atomic E-state index is -0.477. The summed E-state index contributed by atoms with van der Waals surface area (Å²) in [6.45, 7) is 5.59. The number of thiophene rings is 2. The van der Waals surface area contributed by atoms with E-state index in [2.05, 4.69) is 28.1 Å². The highest BCUT2D eigenvalue weighted by atomic mass is 35.5. The number of rotatable bonds is 5. The largest absolute Gasteiger partial charge is 0.444 e. The normalized spacial score (nSPS) is 21.3. The first kappa shape index (κ1) is 17.7. The highest BCUT2D eigenvalue weighted by Crippen LogP contribution is 2.36. The quantitative estimate of drug-likeness (QED) is 0.777. The number of hydrogen-bond acceptors (Lipinski definition) is 5. The summed E-state index contributed by atoms with van der Waals surface area (Å²) < 4.78 is 6.10. The third kappa shape index (κ3) is 4.72. The van der Waals surface area contributed by atoms with E-state index < -0.39 is 5.60 Å². The van der Waals surface area contributed by atoms with Crippen LogP contribution in [-0.4, -0.2) is 23.8 Å². The van der Waals surface area contributed by atoms with Crippen LogP contribution in [0.4, 0.5) is 4.79 Å². The van der Waals surface area contributed by atoms with Crippen LogP contribution >= 0.6 is 34.3 Å². The lowest BCUT2D eigenvalue weighted by Crippen LogP contribution is -2.37. The third-order valence-electron chi connectivity index (χ3n) is 3.58. The van der Waals surface area contributed by atoms with Gasteiger partial charge >= 0.3 is 6.09 Å². The summed E-state index contributed by atoms with van der Waals surface area (Å²) in [6.07, 6.45) is 0.545. The minimum Gasteiger partial charge on any atom is -0.444 e. The van der Waals surface area contributed by atoms with Crippen molar-refractivity contribution in [1.29, 1.82) is 0 Å². The zero-order valence-corrected chi connectivity index (χ0v) is 16.2. The number of hydrogen-bond donors (Lipinski definition) is 2. The Morgan fingerprint density at radius 2 is 2.08 bits per heavy atom. The van der Waals surface area contributed by atoms with Crippen LogP contribution in [0, 0.1) is 0 Å². The van der Waals surface area contributed by atoms with Crippen LogP contribution in [0.2, 0.25) is 4.34 Å². The molecule has 24 heavy (non-hydrogen) atoms. The topological polar surface area (TPSA) is 50.4 Å². The molecular weight excluding hydrogens is 364 g/mol. The fourth-order valence-corrected chi connectivity index (χ4v) is 4.47. The van der Waals surface area contributed by atoms with Crippen LogP contribution in [0.1, 0.15) is 43.0 Å². The van der Waals surface area contributed by atoms with E-state index in [1.165, 1.54) is 9.75 Å². The second kappa shape index (κ2) is 7.04. The van der Waals surface area contributed by atoms with Crippen molar-refractivity contribution in [3.63, 3.8) is 0 Å². The fourth-order valence-electron chi connectivity index (χ4n) is 2.46. The smallest absolute Gasteiger partial charge is 0.407 e. The van der Waals surface area contributed by atoms with E-state index >= 15 is 0 Å². The van der Waals surface area contributed by atoms with Crippen molar-refractivity contribution in [1.82, 2.24) is 10.6 Å². The molecule has 0 bridgehead atoms. The van der Waals surface area contributed by atoms with Gasteiger partial charge in [-0.15, -0.1) is 22.7 Å². The second-order valence-corrected chi connectivity index (χ2v) is 9.58. The molecule has 1 fully saturated rings. The Morgan fingerprint density at radius 1 is 1.29 bits per heavy atom. The Labute approximate surface area is 155 Å². The Morgan fingerprint density at radius 3 is 2.67 bits per heavy atom. The molecule has 2 aromatic rings. The van der Waals surface area contributed by atoms with Crippen molar-refractivity contribution in [2.75, 3.05) is 0 Å². The third-order valence-corrected chi connectivity index (χ3v) is 5.81. The van der Waals surface area contributed by atoms with Gasteiger partial charge in [-0.2, -0.15) is 0 Å². The summed E-state index contributed by atoms with van der Waals surface area (Å²) in [5, 5.41) is 8.63. The van der Waals surface area contributed by atoms with E-state index in [0.29, 0.717) is 0 Å².